The fraction of sp³-hybridized carbons (Fsp3) is 0.286. The molecule has 0 radical (unpaired) electrons. The van der Waals surface area contributed by atoms with Crippen molar-refractivity contribution in [3.63, 3.8) is 0 Å². The van der Waals surface area contributed by atoms with Crippen molar-refractivity contribution in [2.75, 3.05) is 13.1 Å². The summed E-state index contributed by atoms with van der Waals surface area (Å²) in [5.74, 6) is 0.705. The number of amides is 1. The van der Waals surface area contributed by atoms with Crippen LogP contribution in [0.4, 0.5) is 0 Å². The SMILES string of the molecule is O=C(c1ccncc1)N1CCC2(CCn3c2nnc(-c2ccccc2)c3=O)C1. The summed E-state index contributed by atoms with van der Waals surface area (Å²) in [5.41, 5.74) is 1.39. The summed E-state index contributed by atoms with van der Waals surface area (Å²) >= 11 is 0. The minimum absolute atomic E-state index is 0.00561. The molecule has 7 nitrogen and oxygen atoms in total. The van der Waals surface area contributed by atoms with Gasteiger partial charge in [-0.3, -0.25) is 19.1 Å². The van der Waals surface area contributed by atoms with Gasteiger partial charge in [0.2, 0.25) is 0 Å². The Hall–Kier alpha value is -3.35. The molecule has 5 rings (SSSR count). The predicted octanol–water partition coefficient (Wildman–Crippen LogP) is 1.89. The molecule has 1 saturated heterocycles. The normalized spacial score (nSPS) is 20.5. The zero-order valence-corrected chi connectivity index (χ0v) is 15.3. The highest BCUT2D eigenvalue weighted by Gasteiger charge is 2.48. The third kappa shape index (κ3) is 2.54. The van der Waals surface area contributed by atoms with Crippen LogP contribution in [0.2, 0.25) is 0 Å². The quantitative estimate of drug-likeness (QED) is 0.685. The van der Waals surface area contributed by atoms with Gasteiger partial charge in [0.05, 0.1) is 5.41 Å². The molecule has 7 heteroatoms. The molecule has 0 N–H and O–H groups in total. The minimum Gasteiger partial charge on any atom is -0.338 e. The third-order valence-electron chi connectivity index (χ3n) is 5.85. The van der Waals surface area contributed by atoms with Crippen LogP contribution < -0.4 is 5.56 Å². The van der Waals surface area contributed by atoms with E-state index in [9.17, 15) is 9.59 Å². The predicted molar refractivity (Wildman–Crippen MR) is 103 cm³/mol. The lowest BCUT2D eigenvalue weighted by Gasteiger charge is -2.23. The number of benzene rings is 1. The van der Waals surface area contributed by atoms with E-state index in [1.807, 2.05) is 35.2 Å². The van der Waals surface area contributed by atoms with Crippen molar-refractivity contribution < 1.29 is 4.79 Å². The van der Waals surface area contributed by atoms with Gasteiger partial charge in [-0.2, -0.15) is 0 Å². The molecule has 1 aromatic carbocycles. The number of carbonyl (C=O) groups excluding carboxylic acids is 1. The van der Waals surface area contributed by atoms with Gasteiger partial charge in [0.25, 0.3) is 11.5 Å². The molecule has 2 aromatic heterocycles. The van der Waals surface area contributed by atoms with Gasteiger partial charge in [0, 0.05) is 43.2 Å². The van der Waals surface area contributed by atoms with Gasteiger partial charge in [0.1, 0.15) is 5.82 Å². The van der Waals surface area contributed by atoms with Crippen LogP contribution in [0.5, 0.6) is 0 Å². The highest BCUT2D eigenvalue weighted by molar-refractivity contribution is 5.94. The Balaban J connectivity index is 1.47. The first-order valence-corrected chi connectivity index (χ1v) is 9.41. The maximum absolute atomic E-state index is 13.0. The number of pyridine rings is 1. The van der Waals surface area contributed by atoms with E-state index in [1.165, 1.54) is 0 Å². The molecular weight excluding hydrogens is 354 g/mol. The van der Waals surface area contributed by atoms with Gasteiger partial charge in [-0.1, -0.05) is 30.3 Å². The summed E-state index contributed by atoms with van der Waals surface area (Å²) in [7, 11) is 0. The smallest absolute Gasteiger partial charge is 0.280 e. The molecule has 1 unspecified atom stereocenters. The van der Waals surface area contributed by atoms with Crippen molar-refractivity contribution in [1.82, 2.24) is 24.6 Å². The van der Waals surface area contributed by atoms with Crippen molar-refractivity contribution in [2.24, 2.45) is 0 Å². The van der Waals surface area contributed by atoms with Gasteiger partial charge in [-0.25, -0.2) is 0 Å². The van der Waals surface area contributed by atoms with Crippen LogP contribution in [0, 0.1) is 0 Å². The molecule has 1 atom stereocenters. The second-order valence-corrected chi connectivity index (χ2v) is 7.44. The Kier molecular flexibility index (Phi) is 3.82. The van der Waals surface area contributed by atoms with E-state index in [-0.39, 0.29) is 16.9 Å². The molecule has 28 heavy (non-hydrogen) atoms. The molecule has 140 valence electrons. The lowest BCUT2D eigenvalue weighted by molar-refractivity contribution is 0.0783. The Morgan fingerprint density at radius 3 is 2.50 bits per heavy atom. The minimum atomic E-state index is -0.288. The number of fused-ring (bicyclic) bond motifs is 2. The maximum Gasteiger partial charge on any atom is 0.280 e. The Bertz CT molecular complexity index is 1100. The molecular formula is C21H19N5O2. The fourth-order valence-corrected chi connectivity index (χ4v) is 4.34. The van der Waals surface area contributed by atoms with Crippen molar-refractivity contribution >= 4 is 5.91 Å². The highest BCUT2D eigenvalue weighted by Crippen LogP contribution is 2.41. The third-order valence-corrected chi connectivity index (χ3v) is 5.85. The average Bonchev–Trinajstić information content (AvgIpc) is 3.34. The Morgan fingerprint density at radius 2 is 1.71 bits per heavy atom. The summed E-state index contributed by atoms with van der Waals surface area (Å²) < 4.78 is 1.75. The lowest BCUT2D eigenvalue weighted by Crippen LogP contribution is -2.35. The van der Waals surface area contributed by atoms with Crippen LogP contribution in [0.3, 0.4) is 0 Å². The fourth-order valence-electron chi connectivity index (χ4n) is 4.34. The van der Waals surface area contributed by atoms with Gasteiger partial charge < -0.3 is 4.90 Å². The average molecular weight is 373 g/mol. The number of hydrogen-bond acceptors (Lipinski definition) is 5. The second-order valence-electron chi connectivity index (χ2n) is 7.44. The van der Waals surface area contributed by atoms with Crippen molar-refractivity contribution in [2.45, 2.75) is 24.8 Å². The number of carbonyl (C=O) groups is 1. The molecule has 2 aliphatic heterocycles. The van der Waals surface area contributed by atoms with Gasteiger partial charge >= 0.3 is 0 Å². The molecule has 4 heterocycles. The van der Waals surface area contributed by atoms with Crippen molar-refractivity contribution in [1.29, 1.82) is 0 Å². The molecule has 0 bridgehead atoms. The zero-order valence-electron chi connectivity index (χ0n) is 15.3. The van der Waals surface area contributed by atoms with Crippen LogP contribution in [-0.2, 0) is 12.0 Å². The monoisotopic (exact) mass is 373 g/mol. The molecule has 1 amide bonds. The number of hydrogen-bond donors (Lipinski definition) is 0. The summed E-state index contributed by atoms with van der Waals surface area (Å²) in [4.78, 5) is 31.6. The first kappa shape index (κ1) is 16.8. The molecule has 2 aliphatic rings. The number of likely N-dealkylation sites (tertiary alicyclic amines) is 1. The molecule has 0 aliphatic carbocycles. The summed E-state index contributed by atoms with van der Waals surface area (Å²) in [6.07, 6.45) is 4.85. The van der Waals surface area contributed by atoms with Crippen molar-refractivity contribution in [3.8, 4) is 11.3 Å². The van der Waals surface area contributed by atoms with Crippen LogP contribution in [0.1, 0.15) is 29.0 Å². The van der Waals surface area contributed by atoms with E-state index in [4.69, 9.17) is 0 Å². The highest BCUT2D eigenvalue weighted by atomic mass is 16.2. The first-order valence-electron chi connectivity index (χ1n) is 9.41. The Labute approximate surface area is 161 Å². The zero-order chi connectivity index (χ0) is 19.1. The summed E-state index contributed by atoms with van der Waals surface area (Å²) in [5, 5.41) is 8.74. The van der Waals surface area contributed by atoms with E-state index in [0.717, 1.165) is 18.4 Å². The van der Waals surface area contributed by atoms with E-state index in [2.05, 4.69) is 15.2 Å². The van der Waals surface area contributed by atoms with Gasteiger partial charge in [-0.15, -0.1) is 10.2 Å². The van der Waals surface area contributed by atoms with E-state index in [0.29, 0.717) is 36.7 Å². The number of nitrogens with zero attached hydrogens (tertiary/aromatic N) is 5. The van der Waals surface area contributed by atoms with Crippen LogP contribution in [0.25, 0.3) is 11.3 Å². The number of aromatic nitrogens is 4. The largest absolute Gasteiger partial charge is 0.338 e. The first-order chi connectivity index (χ1) is 13.7. The standard InChI is InChI=1S/C21H19N5O2/c27-18(16-6-10-22-11-7-16)25-12-8-21(14-25)9-13-26-19(28)17(23-24-20(21)26)15-4-2-1-3-5-15/h1-7,10-11H,8-9,12-14H2. The lowest BCUT2D eigenvalue weighted by atomic mass is 9.85. The maximum atomic E-state index is 13.0. The number of rotatable bonds is 2. The Morgan fingerprint density at radius 1 is 0.964 bits per heavy atom. The van der Waals surface area contributed by atoms with Crippen LogP contribution in [-0.4, -0.2) is 43.6 Å². The summed E-state index contributed by atoms with van der Waals surface area (Å²) in [6, 6.07) is 12.9. The molecule has 0 saturated carbocycles. The van der Waals surface area contributed by atoms with E-state index < -0.39 is 0 Å². The van der Waals surface area contributed by atoms with Crippen LogP contribution >= 0.6 is 0 Å². The van der Waals surface area contributed by atoms with Gasteiger partial charge in [0.15, 0.2) is 5.69 Å². The van der Waals surface area contributed by atoms with E-state index in [1.54, 1.807) is 29.1 Å². The van der Waals surface area contributed by atoms with Crippen molar-refractivity contribution in [3.05, 3.63) is 76.6 Å². The summed E-state index contributed by atoms with van der Waals surface area (Å²) in [6.45, 7) is 1.82. The second kappa shape index (κ2) is 6.37. The topological polar surface area (TPSA) is 81.0 Å². The molecule has 1 spiro atoms. The molecule has 1 fully saturated rings. The van der Waals surface area contributed by atoms with Crippen LogP contribution in [0.15, 0.2) is 59.7 Å². The van der Waals surface area contributed by atoms with Gasteiger partial charge in [-0.05, 0) is 25.0 Å². The molecule has 3 aromatic rings. The van der Waals surface area contributed by atoms with E-state index >= 15 is 0 Å².